The van der Waals surface area contributed by atoms with Gasteiger partial charge in [0.15, 0.2) is 0 Å². The largest absolute Gasteiger partial charge is 0.372 e. The van der Waals surface area contributed by atoms with Gasteiger partial charge in [-0.25, -0.2) is 0 Å². The number of nitrogens with two attached hydrogens (primary N) is 1. The average Bonchev–Trinajstić information content (AvgIpc) is 2.99. The van der Waals surface area contributed by atoms with E-state index in [1.165, 1.54) is 24.1 Å². The molecular formula is C12H17BrN2. The molecule has 2 rings (SSSR count). The van der Waals surface area contributed by atoms with Crippen molar-refractivity contribution in [3.63, 3.8) is 0 Å². The number of hydrogen-bond acceptors (Lipinski definition) is 2. The summed E-state index contributed by atoms with van der Waals surface area (Å²) < 4.78 is 1.11. The Bertz CT molecular complexity index is 359. The third-order valence-corrected chi connectivity index (χ3v) is 3.66. The Morgan fingerprint density at radius 3 is 2.60 bits per heavy atom. The van der Waals surface area contributed by atoms with Crippen LogP contribution in [0.5, 0.6) is 0 Å². The molecule has 0 heterocycles. The predicted molar refractivity (Wildman–Crippen MR) is 68.2 cm³/mol. The Morgan fingerprint density at radius 1 is 1.47 bits per heavy atom. The summed E-state index contributed by atoms with van der Waals surface area (Å²) >= 11 is 3.58. The van der Waals surface area contributed by atoms with Crippen molar-refractivity contribution in [2.45, 2.75) is 31.8 Å². The van der Waals surface area contributed by atoms with Crippen molar-refractivity contribution in [1.82, 2.24) is 0 Å². The van der Waals surface area contributed by atoms with E-state index in [-0.39, 0.29) is 6.04 Å². The lowest BCUT2D eigenvalue weighted by Crippen LogP contribution is -2.19. The predicted octanol–water partition coefficient (Wildman–Crippen LogP) is 3.07. The maximum absolute atomic E-state index is 5.87. The second-order valence-corrected chi connectivity index (χ2v) is 5.19. The van der Waals surface area contributed by atoms with Crippen LogP contribution in [0.3, 0.4) is 0 Å². The van der Waals surface area contributed by atoms with E-state index in [1.54, 1.807) is 0 Å². The van der Waals surface area contributed by atoms with Gasteiger partial charge in [-0.2, -0.15) is 0 Å². The molecule has 1 aliphatic rings. The molecular weight excluding hydrogens is 252 g/mol. The SMILES string of the molecule is C[C@@H](N)c1ccc(N(C)C2CC2)cc1Br. The lowest BCUT2D eigenvalue weighted by atomic mass is 10.1. The molecule has 2 nitrogen and oxygen atoms in total. The molecule has 2 N–H and O–H groups in total. The molecule has 0 amide bonds. The van der Waals surface area contributed by atoms with Gasteiger partial charge in [0, 0.05) is 29.3 Å². The minimum Gasteiger partial charge on any atom is -0.372 e. The first-order chi connectivity index (χ1) is 7.09. The molecule has 0 radical (unpaired) electrons. The van der Waals surface area contributed by atoms with E-state index in [9.17, 15) is 0 Å². The van der Waals surface area contributed by atoms with Crippen molar-refractivity contribution in [3.8, 4) is 0 Å². The first-order valence-electron chi connectivity index (χ1n) is 5.37. The van der Waals surface area contributed by atoms with Crippen LogP contribution in [-0.4, -0.2) is 13.1 Å². The van der Waals surface area contributed by atoms with Crippen molar-refractivity contribution < 1.29 is 0 Å². The summed E-state index contributed by atoms with van der Waals surface area (Å²) in [5, 5.41) is 0. The van der Waals surface area contributed by atoms with Gasteiger partial charge >= 0.3 is 0 Å². The zero-order valence-electron chi connectivity index (χ0n) is 9.20. The molecule has 1 atom stereocenters. The average molecular weight is 269 g/mol. The van der Waals surface area contributed by atoms with E-state index < -0.39 is 0 Å². The van der Waals surface area contributed by atoms with Gasteiger partial charge in [0.05, 0.1) is 0 Å². The lowest BCUT2D eigenvalue weighted by Gasteiger charge is -2.20. The van der Waals surface area contributed by atoms with E-state index in [0.29, 0.717) is 0 Å². The minimum absolute atomic E-state index is 0.0830. The summed E-state index contributed by atoms with van der Waals surface area (Å²) in [6, 6.07) is 7.26. The van der Waals surface area contributed by atoms with E-state index >= 15 is 0 Å². The number of nitrogens with zero attached hydrogens (tertiary/aromatic N) is 1. The standard InChI is InChI=1S/C12H17BrN2/c1-8(14)11-6-5-10(7-12(11)13)15(2)9-3-4-9/h5-9H,3-4,14H2,1-2H3/t8-/m1/s1. The zero-order valence-corrected chi connectivity index (χ0v) is 10.8. The third-order valence-electron chi connectivity index (χ3n) is 2.98. The Kier molecular flexibility index (Phi) is 3.03. The Hall–Kier alpha value is -0.540. The molecule has 82 valence electrons. The normalized spacial score (nSPS) is 17.6. The van der Waals surface area contributed by atoms with Gasteiger partial charge in [0.1, 0.15) is 0 Å². The highest BCUT2D eigenvalue weighted by Crippen LogP contribution is 2.33. The second kappa shape index (κ2) is 4.14. The zero-order chi connectivity index (χ0) is 11.0. The quantitative estimate of drug-likeness (QED) is 0.913. The van der Waals surface area contributed by atoms with Crippen molar-refractivity contribution in [2.75, 3.05) is 11.9 Å². The molecule has 0 aliphatic heterocycles. The van der Waals surface area contributed by atoms with E-state index in [2.05, 4.69) is 46.1 Å². The minimum atomic E-state index is 0.0830. The maximum atomic E-state index is 5.87. The number of anilines is 1. The number of halogens is 1. The van der Waals surface area contributed by atoms with E-state index in [4.69, 9.17) is 5.73 Å². The van der Waals surface area contributed by atoms with Crippen LogP contribution in [0.15, 0.2) is 22.7 Å². The van der Waals surface area contributed by atoms with Crippen molar-refractivity contribution in [3.05, 3.63) is 28.2 Å². The molecule has 0 aromatic heterocycles. The van der Waals surface area contributed by atoms with Gasteiger partial charge in [-0.3, -0.25) is 0 Å². The highest BCUT2D eigenvalue weighted by Gasteiger charge is 2.26. The van der Waals surface area contributed by atoms with Crippen LogP contribution in [0, 0.1) is 0 Å². The third kappa shape index (κ3) is 2.34. The number of benzene rings is 1. The first kappa shape index (κ1) is 11.0. The molecule has 3 heteroatoms. The van der Waals surface area contributed by atoms with Gasteiger partial charge < -0.3 is 10.6 Å². The molecule has 1 aliphatic carbocycles. The molecule has 1 aromatic rings. The van der Waals surface area contributed by atoms with Crippen molar-refractivity contribution >= 4 is 21.6 Å². The van der Waals surface area contributed by atoms with Gasteiger partial charge in [-0.15, -0.1) is 0 Å². The summed E-state index contributed by atoms with van der Waals surface area (Å²) in [6.07, 6.45) is 2.65. The highest BCUT2D eigenvalue weighted by molar-refractivity contribution is 9.10. The molecule has 15 heavy (non-hydrogen) atoms. The van der Waals surface area contributed by atoms with Gasteiger partial charge in [-0.05, 0) is 37.5 Å². The smallest absolute Gasteiger partial charge is 0.0377 e. The summed E-state index contributed by atoms with van der Waals surface area (Å²) in [7, 11) is 2.16. The van der Waals surface area contributed by atoms with E-state index in [0.717, 1.165) is 10.5 Å². The van der Waals surface area contributed by atoms with Crippen LogP contribution in [-0.2, 0) is 0 Å². The van der Waals surface area contributed by atoms with Crippen LogP contribution in [0.25, 0.3) is 0 Å². The second-order valence-electron chi connectivity index (χ2n) is 4.34. The fraction of sp³-hybridized carbons (Fsp3) is 0.500. The van der Waals surface area contributed by atoms with Crippen LogP contribution < -0.4 is 10.6 Å². The monoisotopic (exact) mass is 268 g/mol. The Morgan fingerprint density at radius 2 is 2.13 bits per heavy atom. The summed E-state index contributed by atoms with van der Waals surface area (Å²) in [5.41, 5.74) is 8.31. The van der Waals surface area contributed by atoms with E-state index in [1.807, 2.05) is 6.92 Å². The molecule has 1 saturated carbocycles. The maximum Gasteiger partial charge on any atom is 0.0377 e. The molecule has 1 fully saturated rings. The van der Waals surface area contributed by atoms with Gasteiger partial charge in [0.25, 0.3) is 0 Å². The number of rotatable bonds is 3. The van der Waals surface area contributed by atoms with Crippen LogP contribution >= 0.6 is 15.9 Å². The highest BCUT2D eigenvalue weighted by atomic mass is 79.9. The molecule has 0 unspecified atom stereocenters. The fourth-order valence-electron chi connectivity index (χ4n) is 1.78. The molecule has 0 saturated heterocycles. The number of hydrogen-bond donors (Lipinski definition) is 1. The van der Waals surface area contributed by atoms with Crippen molar-refractivity contribution in [1.29, 1.82) is 0 Å². The fourth-order valence-corrected chi connectivity index (χ4v) is 2.51. The van der Waals surface area contributed by atoms with Crippen LogP contribution in [0.1, 0.15) is 31.4 Å². The van der Waals surface area contributed by atoms with Crippen LogP contribution in [0.2, 0.25) is 0 Å². The Balaban J connectivity index is 2.24. The van der Waals surface area contributed by atoms with Crippen molar-refractivity contribution in [2.24, 2.45) is 5.73 Å². The first-order valence-corrected chi connectivity index (χ1v) is 6.16. The van der Waals surface area contributed by atoms with Gasteiger partial charge in [0.2, 0.25) is 0 Å². The summed E-state index contributed by atoms with van der Waals surface area (Å²) in [4.78, 5) is 2.34. The molecule has 0 bridgehead atoms. The molecule has 0 spiro atoms. The summed E-state index contributed by atoms with van der Waals surface area (Å²) in [5.74, 6) is 0. The van der Waals surface area contributed by atoms with Gasteiger partial charge in [-0.1, -0.05) is 22.0 Å². The lowest BCUT2D eigenvalue weighted by molar-refractivity contribution is 0.811. The topological polar surface area (TPSA) is 29.3 Å². The Labute approximate surface area is 99.6 Å². The molecule has 1 aromatic carbocycles. The summed E-state index contributed by atoms with van der Waals surface area (Å²) in [6.45, 7) is 2.00. The van der Waals surface area contributed by atoms with Crippen LogP contribution in [0.4, 0.5) is 5.69 Å².